The van der Waals surface area contributed by atoms with Crippen LogP contribution in [0.2, 0.25) is 0 Å². The fourth-order valence-corrected chi connectivity index (χ4v) is 3.87. The summed E-state index contributed by atoms with van der Waals surface area (Å²) in [5.41, 5.74) is 3.40. The molecular formula is C20H27N5O. The highest BCUT2D eigenvalue weighted by atomic mass is 16.5. The van der Waals surface area contributed by atoms with Crippen molar-refractivity contribution in [3.05, 3.63) is 54.0 Å². The monoisotopic (exact) mass is 353 g/mol. The van der Waals surface area contributed by atoms with Crippen LogP contribution >= 0.6 is 0 Å². The van der Waals surface area contributed by atoms with Crippen molar-refractivity contribution in [2.45, 2.75) is 45.8 Å². The average molecular weight is 353 g/mol. The molecule has 0 spiro atoms. The van der Waals surface area contributed by atoms with Crippen molar-refractivity contribution in [3.63, 3.8) is 0 Å². The number of pyridine rings is 1. The quantitative estimate of drug-likeness (QED) is 0.740. The summed E-state index contributed by atoms with van der Waals surface area (Å²) in [6.07, 6.45) is 10.2. The second-order valence-corrected chi connectivity index (χ2v) is 7.06. The van der Waals surface area contributed by atoms with Crippen LogP contribution in [-0.2, 0) is 17.8 Å². The first kappa shape index (κ1) is 17.2. The van der Waals surface area contributed by atoms with Crippen LogP contribution in [0.1, 0.15) is 42.9 Å². The van der Waals surface area contributed by atoms with Crippen molar-refractivity contribution < 1.29 is 4.74 Å². The standard InChI is InChI=1S/C20H27N5O/c1-3-24-9-8-21-20(24)19(16-6-10-26-11-7-16)23-13-17-12-22-18-5-4-15(2)14-25(17)18/h4-5,8-9,12,14,16,19,23H,3,6-7,10-11,13H2,1-2H3/t19-/m0/s1. The van der Waals surface area contributed by atoms with Gasteiger partial charge in [-0.25, -0.2) is 9.97 Å². The molecule has 3 aromatic rings. The first-order valence-corrected chi connectivity index (χ1v) is 9.51. The first-order chi connectivity index (χ1) is 12.8. The molecule has 0 aromatic carbocycles. The molecule has 1 N–H and O–H groups in total. The van der Waals surface area contributed by atoms with Gasteiger partial charge in [-0.3, -0.25) is 0 Å². The van der Waals surface area contributed by atoms with Crippen LogP contribution in [0.15, 0.2) is 36.9 Å². The topological polar surface area (TPSA) is 56.4 Å². The molecule has 1 saturated heterocycles. The third kappa shape index (κ3) is 3.39. The van der Waals surface area contributed by atoms with Gasteiger partial charge in [-0.05, 0) is 44.2 Å². The molecule has 1 fully saturated rings. The van der Waals surface area contributed by atoms with Crippen molar-refractivity contribution in [1.29, 1.82) is 0 Å². The lowest BCUT2D eigenvalue weighted by Gasteiger charge is -2.31. The first-order valence-electron chi connectivity index (χ1n) is 9.51. The summed E-state index contributed by atoms with van der Waals surface area (Å²) >= 11 is 0. The van der Waals surface area contributed by atoms with E-state index < -0.39 is 0 Å². The molecule has 0 aliphatic carbocycles. The van der Waals surface area contributed by atoms with E-state index in [0.717, 1.165) is 50.6 Å². The maximum atomic E-state index is 5.58. The highest BCUT2D eigenvalue weighted by Gasteiger charge is 2.28. The van der Waals surface area contributed by atoms with Gasteiger partial charge in [0.2, 0.25) is 0 Å². The van der Waals surface area contributed by atoms with E-state index in [9.17, 15) is 0 Å². The van der Waals surface area contributed by atoms with Crippen LogP contribution in [0, 0.1) is 12.8 Å². The molecule has 4 heterocycles. The zero-order chi connectivity index (χ0) is 17.9. The molecule has 0 unspecified atom stereocenters. The van der Waals surface area contributed by atoms with E-state index in [2.05, 4.69) is 62.6 Å². The minimum atomic E-state index is 0.226. The Balaban J connectivity index is 1.58. The lowest BCUT2D eigenvalue weighted by Crippen LogP contribution is -2.34. The zero-order valence-corrected chi connectivity index (χ0v) is 15.6. The average Bonchev–Trinajstić information content (AvgIpc) is 3.30. The number of imidazole rings is 2. The molecule has 6 heteroatoms. The van der Waals surface area contributed by atoms with Gasteiger partial charge in [-0.2, -0.15) is 0 Å². The van der Waals surface area contributed by atoms with E-state index in [0.29, 0.717) is 5.92 Å². The zero-order valence-electron chi connectivity index (χ0n) is 15.6. The third-order valence-corrected chi connectivity index (χ3v) is 5.34. The fraction of sp³-hybridized carbons (Fsp3) is 0.500. The van der Waals surface area contributed by atoms with Crippen molar-refractivity contribution in [1.82, 2.24) is 24.3 Å². The molecule has 26 heavy (non-hydrogen) atoms. The van der Waals surface area contributed by atoms with Crippen molar-refractivity contribution in [3.8, 4) is 0 Å². The molecule has 3 aromatic heterocycles. The molecule has 138 valence electrons. The molecule has 6 nitrogen and oxygen atoms in total. The molecule has 0 saturated carbocycles. The van der Waals surface area contributed by atoms with Gasteiger partial charge in [-0.15, -0.1) is 0 Å². The second-order valence-electron chi connectivity index (χ2n) is 7.06. The smallest absolute Gasteiger partial charge is 0.136 e. The summed E-state index contributed by atoms with van der Waals surface area (Å²) in [6.45, 7) is 7.66. The predicted octanol–water partition coefficient (Wildman–Crippen LogP) is 3.12. The Morgan fingerprint density at radius 2 is 2.12 bits per heavy atom. The number of nitrogens with zero attached hydrogens (tertiary/aromatic N) is 4. The Labute approximate surface area is 154 Å². The van der Waals surface area contributed by atoms with E-state index in [1.807, 2.05) is 12.4 Å². The Morgan fingerprint density at radius 1 is 1.27 bits per heavy atom. The summed E-state index contributed by atoms with van der Waals surface area (Å²) in [5.74, 6) is 1.67. The number of fused-ring (bicyclic) bond motifs is 1. The summed E-state index contributed by atoms with van der Waals surface area (Å²) in [7, 11) is 0. The normalized spacial score (nSPS) is 17.0. The van der Waals surface area contributed by atoms with Gasteiger partial charge in [0.25, 0.3) is 0 Å². The van der Waals surface area contributed by atoms with Crippen LogP contribution in [0.5, 0.6) is 0 Å². The molecule has 1 aliphatic heterocycles. The van der Waals surface area contributed by atoms with Crippen LogP contribution in [0.3, 0.4) is 0 Å². The van der Waals surface area contributed by atoms with E-state index in [1.165, 1.54) is 11.3 Å². The van der Waals surface area contributed by atoms with Gasteiger partial charge < -0.3 is 19.0 Å². The van der Waals surface area contributed by atoms with Gasteiger partial charge in [0.1, 0.15) is 11.5 Å². The van der Waals surface area contributed by atoms with Gasteiger partial charge in [0.15, 0.2) is 0 Å². The SMILES string of the molecule is CCn1ccnc1[C@@H](NCc1cnc2ccc(C)cn12)C1CCOCC1. The fourth-order valence-electron chi connectivity index (χ4n) is 3.87. The van der Waals surface area contributed by atoms with E-state index in [-0.39, 0.29) is 6.04 Å². The maximum Gasteiger partial charge on any atom is 0.136 e. The number of aryl methyl sites for hydroxylation is 2. The second kappa shape index (κ2) is 7.60. The Bertz CT molecular complexity index is 862. The minimum Gasteiger partial charge on any atom is -0.381 e. The van der Waals surface area contributed by atoms with Gasteiger partial charge in [0, 0.05) is 44.9 Å². The number of ether oxygens (including phenoxy) is 1. The predicted molar refractivity (Wildman–Crippen MR) is 101 cm³/mol. The van der Waals surface area contributed by atoms with Crippen LogP contribution in [0.4, 0.5) is 0 Å². The summed E-state index contributed by atoms with van der Waals surface area (Å²) < 4.78 is 9.99. The van der Waals surface area contributed by atoms with Crippen LogP contribution in [0.25, 0.3) is 5.65 Å². The summed E-state index contributed by atoms with van der Waals surface area (Å²) in [5, 5.41) is 3.78. The number of hydrogen-bond acceptors (Lipinski definition) is 4. The van der Waals surface area contributed by atoms with E-state index in [4.69, 9.17) is 4.74 Å². The Morgan fingerprint density at radius 3 is 2.92 bits per heavy atom. The molecule has 0 bridgehead atoms. The van der Waals surface area contributed by atoms with E-state index >= 15 is 0 Å². The molecule has 1 aliphatic rings. The van der Waals surface area contributed by atoms with Crippen LogP contribution < -0.4 is 5.32 Å². The molecule has 0 amide bonds. The van der Waals surface area contributed by atoms with Crippen molar-refractivity contribution >= 4 is 5.65 Å². The highest BCUT2D eigenvalue weighted by molar-refractivity contribution is 5.41. The van der Waals surface area contributed by atoms with Gasteiger partial charge >= 0.3 is 0 Å². The molecule has 4 rings (SSSR count). The van der Waals surface area contributed by atoms with Gasteiger partial charge in [0.05, 0.1) is 17.9 Å². The van der Waals surface area contributed by atoms with E-state index in [1.54, 1.807) is 0 Å². The van der Waals surface area contributed by atoms with Gasteiger partial charge in [-0.1, -0.05) is 6.07 Å². The van der Waals surface area contributed by atoms with Crippen molar-refractivity contribution in [2.24, 2.45) is 5.92 Å². The largest absolute Gasteiger partial charge is 0.381 e. The molecule has 0 radical (unpaired) electrons. The molecular weight excluding hydrogens is 326 g/mol. The summed E-state index contributed by atoms with van der Waals surface area (Å²) in [6, 6.07) is 4.39. The lowest BCUT2D eigenvalue weighted by molar-refractivity contribution is 0.0516. The van der Waals surface area contributed by atoms with Crippen LogP contribution in [-0.4, -0.2) is 32.1 Å². The number of rotatable bonds is 6. The Kier molecular flexibility index (Phi) is 5.04. The van der Waals surface area contributed by atoms with Crippen molar-refractivity contribution in [2.75, 3.05) is 13.2 Å². The number of hydrogen-bond donors (Lipinski definition) is 1. The third-order valence-electron chi connectivity index (χ3n) is 5.34. The summed E-state index contributed by atoms with van der Waals surface area (Å²) in [4.78, 5) is 9.20. The minimum absolute atomic E-state index is 0.226. The number of nitrogens with one attached hydrogen (secondary N) is 1. The lowest BCUT2D eigenvalue weighted by atomic mass is 9.91. The highest BCUT2D eigenvalue weighted by Crippen LogP contribution is 2.29. The maximum absolute atomic E-state index is 5.58. The molecule has 1 atom stereocenters. The Hall–Kier alpha value is -2.18. The number of aromatic nitrogens is 4.